The van der Waals surface area contributed by atoms with Gasteiger partial charge in [-0.15, -0.1) is 0 Å². The number of esters is 1. The second-order valence-electron chi connectivity index (χ2n) is 3.95. The van der Waals surface area contributed by atoms with Gasteiger partial charge in [-0.25, -0.2) is 0 Å². The lowest BCUT2D eigenvalue weighted by Crippen LogP contribution is -2.69. The molecule has 2 N–H and O–H groups in total. The van der Waals surface area contributed by atoms with Crippen molar-refractivity contribution in [3.63, 3.8) is 0 Å². The van der Waals surface area contributed by atoms with Crippen LogP contribution in [-0.2, 0) is 9.53 Å². The first kappa shape index (κ1) is 7.98. The normalized spacial score (nSPS) is 42.4. The van der Waals surface area contributed by atoms with Gasteiger partial charge >= 0.3 is 5.97 Å². The number of hydrogen-bond acceptors (Lipinski definition) is 3. The molecule has 12 heavy (non-hydrogen) atoms. The minimum absolute atomic E-state index is 0.0174. The predicted octanol–water partition coefficient (Wildman–Crippen LogP) is 0.616. The Morgan fingerprint density at radius 1 is 1.42 bits per heavy atom. The van der Waals surface area contributed by atoms with E-state index in [1.807, 2.05) is 0 Å². The van der Waals surface area contributed by atoms with Crippen LogP contribution in [0.2, 0.25) is 0 Å². The molecule has 2 bridgehead atoms. The van der Waals surface area contributed by atoms with Crippen molar-refractivity contribution in [2.45, 2.75) is 19.3 Å². The van der Waals surface area contributed by atoms with Crippen molar-refractivity contribution < 1.29 is 9.53 Å². The number of ether oxygens (including phenoxy) is 1. The zero-order valence-electron chi connectivity index (χ0n) is 6.92. The summed E-state index contributed by atoms with van der Waals surface area (Å²) in [6.07, 6.45) is 2.42. The van der Waals surface area contributed by atoms with Crippen molar-refractivity contribution >= 4 is 23.2 Å². The van der Waals surface area contributed by atoms with Gasteiger partial charge in [0.05, 0.1) is 17.5 Å². The third-order valence-electron chi connectivity index (χ3n) is 3.17. The van der Waals surface area contributed by atoms with Crippen molar-refractivity contribution in [1.29, 1.82) is 0 Å². The number of hydrogen-bond donors (Lipinski definition) is 1. The van der Waals surface area contributed by atoms with E-state index in [1.54, 1.807) is 0 Å². The van der Waals surface area contributed by atoms with Crippen molar-refractivity contribution in [2.24, 2.45) is 16.6 Å². The van der Waals surface area contributed by atoms with Gasteiger partial charge in [-0.1, -0.05) is 12.2 Å². The second-order valence-corrected chi connectivity index (χ2v) is 4.39. The van der Waals surface area contributed by atoms with E-state index in [4.69, 9.17) is 22.7 Å². The van der Waals surface area contributed by atoms with Crippen LogP contribution in [0.25, 0.3) is 0 Å². The highest BCUT2D eigenvalue weighted by Crippen LogP contribution is 2.73. The minimum atomic E-state index is -0.210. The largest absolute Gasteiger partial charge is 0.469 e. The van der Waals surface area contributed by atoms with Crippen molar-refractivity contribution in [3.05, 3.63) is 0 Å². The van der Waals surface area contributed by atoms with Crippen molar-refractivity contribution in [3.8, 4) is 0 Å². The minimum Gasteiger partial charge on any atom is -0.469 e. The molecule has 0 aromatic rings. The first-order chi connectivity index (χ1) is 5.55. The highest BCUT2D eigenvalue weighted by molar-refractivity contribution is 7.80. The van der Waals surface area contributed by atoms with E-state index < -0.39 is 0 Å². The molecule has 3 aliphatic carbocycles. The lowest BCUT2D eigenvalue weighted by Gasteiger charge is -2.67. The molecule has 0 spiro atoms. The molecular formula is C8H11NO2S. The zero-order chi connectivity index (χ0) is 8.98. The second kappa shape index (κ2) is 1.99. The maximum absolute atomic E-state index is 11.2. The first-order valence-electron chi connectivity index (χ1n) is 3.93. The van der Waals surface area contributed by atoms with E-state index in [2.05, 4.69) is 0 Å². The van der Waals surface area contributed by atoms with E-state index in [9.17, 15) is 4.79 Å². The number of rotatable bonds is 2. The lowest BCUT2D eigenvalue weighted by atomic mass is 9.35. The zero-order valence-corrected chi connectivity index (χ0v) is 7.74. The Bertz CT molecular complexity index is 254. The average molecular weight is 185 g/mol. The summed E-state index contributed by atoms with van der Waals surface area (Å²) in [5.74, 6) is -0.0966. The molecule has 0 amide bonds. The third kappa shape index (κ3) is 0.665. The standard InChI is InChI=1S/C8H11NO2S/c1-11-6(10)8-2-7(3-8,4-8)5(9)12/h2-4H2,1H3,(H2,9,12). The molecule has 0 heterocycles. The smallest absolute Gasteiger partial charge is 0.311 e. The Hall–Kier alpha value is -0.640. The average Bonchev–Trinajstić information content (AvgIpc) is 1.80. The third-order valence-corrected chi connectivity index (χ3v) is 3.60. The summed E-state index contributed by atoms with van der Waals surface area (Å²) < 4.78 is 4.70. The number of carbonyl (C=O) groups is 1. The highest BCUT2D eigenvalue weighted by Gasteiger charge is 2.73. The summed E-state index contributed by atoms with van der Waals surface area (Å²) in [6, 6.07) is 0. The molecule has 0 unspecified atom stereocenters. The fourth-order valence-electron chi connectivity index (χ4n) is 2.48. The fraction of sp³-hybridized carbons (Fsp3) is 0.750. The molecule has 66 valence electrons. The molecule has 0 aromatic carbocycles. The van der Waals surface area contributed by atoms with Crippen LogP contribution in [0.1, 0.15) is 19.3 Å². The van der Waals surface area contributed by atoms with Crippen LogP contribution in [-0.4, -0.2) is 18.1 Å². The molecule has 3 saturated carbocycles. The van der Waals surface area contributed by atoms with Gasteiger partial charge < -0.3 is 10.5 Å². The Kier molecular flexibility index (Phi) is 1.32. The lowest BCUT2D eigenvalue weighted by molar-refractivity contribution is -0.202. The van der Waals surface area contributed by atoms with Crippen LogP contribution < -0.4 is 5.73 Å². The highest BCUT2D eigenvalue weighted by atomic mass is 32.1. The van der Waals surface area contributed by atoms with E-state index in [1.165, 1.54) is 7.11 Å². The molecular weight excluding hydrogens is 174 g/mol. The Labute approximate surface area is 76.3 Å². The van der Waals surface area contributed by atoms with Gasteiger partial charge in [0.15, 0.2) is 0 Å². The van der Waals surface area contributed by atoms with Crippen LogP contribution in [0.4, 0.5) is 0 Å². The molecule has 3 aliphatic rings. The molecule has 4 heteroatoms. The molecule has 3 nitrogen and oxygen atoms in total. The molecule has 0 aliphatic heterocycles. The van der Waals surface area contributed by atoms with Gasteiger partial charge in [-0.3, -0.25) is 4.79 Å². The summed E-state index contributed by atoms with van der Waals surface area (Å²) >= 11 is 4.92. The summed E-state index contributed by atoms with van der Waals surface area (Å²) in [5.41, 5.74) is 5.36. The first-order valence-corrected chi connectivity index (χ1v) is 4.34. The van der Waals surface area contributed by atoms with Crippen LogP contribution in [0.5, 0.6) is 0 Å². The molecule has 3 fully saturated rings. The molecule has 0 atom stereocenters. The fourth-order valence-corrected chi connectivity index (χ4v) is 2.70. The Balaban J connectivity index is 2.04. The maximum atomic E-state index is 11.2. The predicted molar refractivity (Wildman–Crippen MR) is 47.5 cm³/mol. The van der Waals surface area contributed by atoms with Crippen LogP contribution in [0.15, 0.2) is 0 Å². The van der Waals surface area contributed by atoms with Gasteiger partial charge in [0.25, 0.3) is 0 Å². The van der Waals surface area contributed by atoms with Gasteiger partial charge in [-0.05, 0) is 19.3 Å². The van der Waals surface area contributed by atoms with Crippen molar-refractivity contribution in [2.75, 3.05) is 7.11 Å². The number of methoxy groups -OCH3 is 1. The maximum Gasteiger partial charge on any atom is 0.311 e. The summed E-state index contributed by atoms with van der Waals surface area (Å²) in [7, 11) is 1.43. The number of nitrogens with two attached hydrogens (primary N) is 1. The van der Waals surface area contributed by atoms with E-state index >= 15 is 0 Å². The van der Waals surface area contributed by atoms with Crippen LogP contribution >= 0.6 is 12.2 Å². The van der Waals surface area contributed by atoms with Gasteiger partial charge in [0.1, 0.15) is 0 Å². The molecule has 0 radical (unpaired) electrons. The Morgan fingerprint density at radius 3 is 2.25 bits per heavy atom. The van der Waals surface area contributed by atoms with E-state index in [0.717, 1.165) is 19.3 Å². The quantitative estimate of drug-likeness (QED) is 0.506. The topological polar surface area (TPSA) is 52.3 Å². The van der Waals surface area contributed by atoms with Gasteiger partial charge in [0.2, 0.25) is 0 Å². The summed E-state index contributed by atoms with van der Waals surface area (Å²) in [6.45, 7) is 0. The van der Waals surface area contributed by atoms with Gasteiger partial charge in [-0.2, -0.15) is 0 Å². The SMILES string of the molecule is COC(=O)C12CC(C(N)=S)(C1)C2. The molecule has 0 aromatic heterocycles. The number of thiocarbonyl (C=S) groups is 1. The van der Waals surface area contributed by atoms with Crippen LogP contribution in [0.3, 0.4) is 0 Å². The molecule has 0 saturated heterocycles. The summed E-state index contributed by atoms with van der Waals surface area (Å²) in [5, 5.41) is 0. The van der Waals surface area contributed by atoms with E-state index in [-0.39, 0.29) is 16.8 Å². The van der Waals surface area contributed by atoms with Gasteiger partial charge in [0, 0.05) is 5.41 Å². The van der Waals surface area contributed by atoms with Crippen LogP contribution in [0, 0.1) is 10.8 Å². The number of carbonyl (C=O) groups excluding carboxylic acids is 1. The summed E-state index contributed by atoms with van der Waals surface area (Å²) in [4.78, 5) is 11.8. The van der Waals surface area contributed by atoms with Crippen molar-refractivity contribution in [1.82, 2.24) is 0 Å². The van der Waals surface area contributed by atoms with E-state index in [0.29, 0.717) is 4.99 Å². The monoisotopic (exact) mass is 185 g/mol. The molecule has 3 rings (SSSR count). The Morgan fingerprint density at radius 2 is 1.92 bits per heavy atom.